The zero-order chi connectivity index (χ0) is 19.4. The predicted octanol–water partition coefficient (Wildman–Crippen LogP) is 4.53. The van der Waals surface area contributed by atoms with Crippen molar-refractivity contribution in [3.05, 3.63) is 65.0 Å². The summed E-state index contributed by atoms with van der Waals surface area (Å²) in [5, 5.41) is 7.35. The van der Waals surface area contributed by atoms with Crippen molar-refractivity contribution in [3.8, 4) is 17.1 Å². The second-order valence-corrected chi connectivity index (χ2v) is 6.77. The second-order valence-electron chi connectivity index (χ2n) is 6.37. The molecular formula is C20H20ClN3O3. The van der Waals surface area contributed by atoms with E-state index in [9.17, 15) is 4.79 Å². The average molecular weight is 386 g/mol. The highest BCUT2D eigenvalue weighted by Crippen LogP contribution is 2.27. The number of carbonyl (C=O) groups is 1. The Morgan fingerprint density at radius 2 is 1.93 bits per heavy atom. The van der Waals surface area contributed by atoms with E-state index in [1.165, 1.54) is 7.11 Å². The number of rotatable bonds is 6. The molecule has 1 heterocycles. The van der Waals surface area contributed by atoms with Gasteiger partial charge in [0.15, 0.2) is 0 Å². The number of halogens is 1. The van der Waals surface area contributed by atoms with Crippen LogP contribution in [-0.4, -0.2) is 23.2 Å². The molecule has 3 rings (SSSR count). The summed E-state index contributed by atoms with van der Waals surface area (Å²) in [7, 11) is 1.52. The molecule has 27 heavy (non-hydrogen) atoms. The Kier molecular flexibility index (Phi) is 5.76. The molecule has 0 aliphatic carbocycles. The fourth-order valence-corrected chi connectivity index (χ4v) is 2.87. The minimum atomic E-state index is -0.427. The Morgan fingerprint density at radius 3 is 2.56 bits per heavy atom. The van der Waals surface area contributed by atoms with Gasteiger partial charge in [0.1, 0.15) is 11.8 Å². The van der Waals surface area contributed by atoms with Crippen molar-refractivity contribution < 1.29 is 14.1 Å². The van der Waals surface area contributed by atoms with Crippen molar-refractivity contribution in [1.82, 2.24) is 15.5 Å². The summed E-state index contributed by atoms with van der Waals surface area (Å²) in [6.07, 6.45) is 0. The molecule has 2 aromatic carbocycles. The van der Waals surface area contributed by atoms with Crippen LogP contribution in [0.5, 0.6) is 5.75 Å². The molecule has 0 saturated heterocycles. The van der Waals surface area contributed by atoms with Crippen LogP contribution in [0, 0.1) is 5.92 Å². The summed E-state index contributed by atoms with van der Waals surface area (Å²) < 4.78 is 10.5. The highest BCUT2D eigenvalue weighted by atomic mass is 35.5. The fraction of sp³-hybridized carbons (Fsp3) is 0.250. The third-order valence-electron chi connectivity index (χ3n) is 4.11. The molecule has 1 atom stereocenters. The lowest BCUT2D eigenvalue weighted by Crippen LogP contribution is -2.32. The third kappa shape index (κ3) is 4.28. The van der Waals surface area contributed by atoms with Crippen LogP contribution >= 0.6 is 11.6 Å². The molecule has 0 aliphatic rings. The molecule has 6 nitrogen and oxygen atoms in total. The van der Waals surface area contributed by atoms with Crippen molar-refractivity contribution in [2.24, 2.45) is 5.92 Å². The van der Waals surface area contributed by atoms with Gasteiger partial charge >= 0.3 is 0 Å². The quantitative estimate of drug-likeness (QED) is 0.674. The Labute approximate surface area is 162 Å². The Morgan fingerprint density at radius 1 is 1.19 bits per heavy atom. The van der Waals surface area contributed by atoms with Gasteiger partial charge in [0.25, 0.3) is 5.91 Å². The number of ether oxygens (including phenoxy) is 1. The predicted molar refractivity (Wildman–Crippen MR) is 103 cm³/mol. The zero-order valence-electron chi connectivity index (χ0n) is 15.3. The molecule has 0 spiro atoms. The van der Waals surface area contributed by atoms with Gasteiger partial charge in [-0.1, -0.05) is 60.9 Å². The minimum Gasteiger partial charge on any atom is -0.495 e. The molecule has 0 fully saturated rings. The molecule has 1 N–H and O–H groups in total. The Balaban J connectivity index is 1.81. The van der Waals surface area contributed by atoms with Gasteiger partial charge in [-0.2, -0.15) is 4.98 Å². The summed E-state index contributed by atoms with van der Waals surface area (Å²) in [5.74, 6) is 1.12. The van der Waals surface area contributed by atoms with Gasteiger partial charge in [-0.25, -0.2) is 0 Å². The number of hydrogen-bond acceptors (Lipinski definition) is 5. The van der Waals surface area contributed by atoms with Gasteiger partial charge in [-0.05, 0) is 24.1 Å². The molecule has 0 aliphatic heterocycles. The van der Waals surface area contributed by atoms with Gasteiger partial charge in [-0.3, -0.25) is 4.79 Å². The first kappa shape index (κ1) is 18.9. The highest BCUT2D eigenvalue weighted by Gasteiger charge is 2.25. The van der Waals surface area contributed by atoms with Crippen LogP contribution in [0.4, 0.5) is 0 Å². The van der Waals surface area contributed by atoms with Crippen molar-refractivity contribution >= 4 is 17.5 Å². The first-order valence-electron chi connectivity index (χ1n) is 8.53. The number of methoxy groups -OCH3 is 1. The van der Waals surface area contributed by atoms with Crippen molar-refractivity contribution in [2.45, 2.75) is 19.9 Å². The van der Waals surface area contributed by atoms with E-state index in [0.29, 0.717) is 28.1 Å². The number of nitrogens with zero attached hydrogens (tertiary/aromatic N) is 2. The minimum absolute atomic E-state index is 0.0479. The molecule has 7 heteroatoms. The van der Waals surface area contributed by atoms with Gasteiger partial charge in [0.2, 0.25) is 11.7 Å². The van der Waals surface area contributed by atoms with Crippen LogP contribution in [-0.2, 0) is 0 Å². The van der Waals surface area contributed by atoms with E-state index in [-0.39, 0.29) is 11.8 Å². The maximum atomic E-state index is 12.7. The van der Waals surface area contributed by atoms with Crippen LogP contribution in [0.1, 0.15) is 36.1 Å². The lowest BCUT2D eigenvalue weighted by molar-refractivity contribution is 0.0914. The number of benzene rings is 2. The summed E-state index contributed by atoms with van der Waals surface area (Å²) in [4.78, 5) is 17.1. The van der Waals surface area contributed by atoms with Crippen LogP contribution < -0.4 is 10.1 Å². The van der Waals surface area contributed by atoms with Gasteiger partial charge in [0.05, 0.1) is 12.1 Å². The van der Waals surface area contributed by atoms with Crippen LogP contribution in [0.3, 0.4) is 0 Å². The molecule has 0 unspecified atom stereocenters. The van der Waals surface area contributed by atoms with Crippen molar-refractivity contribution in [3.63, 3.8) is 0 Å². The maximum absolute atomic E-state index is 12.7. The molecule has 1 amide bonds. The first-order chi connectivity index (χ1) is 13.0. The van der Waals surface area contributed by atoms with Gasteiger partial charge < -0.3 is 14.6 Å². The number of hydrogen-bond donors (Lipinski definition) is 1. The largest absolute Gasteiger partial charge is 0.495 e. The molecule has 0 radical (unpaired) electrons. The molecule has 0 saturated carbocycles. The van der Waals surface area contributed by atoms with Crippen molar-refractivity contribution in [1.29, 1.82) is 0 Å². The fourth-order valence-electron chi connectivity index (χ4n) is 2.61. The van der Waals surface area contributed by atoms with E-state index in [4.69, 9.17) is 20.9 Å². The third-order valence-corrected chi connectivity index (χ3v) is 4.40. The SMILES string of the molecule is COc1ccc(C(=O)N[C@@H](c2nc(-c3ccccc3)no2)C(C)C)cc1Cl. The average Bonchev–Trinajstić information content (AvgIpc) is 3.16. The van der Waals surface area contributed by atoms with Gasteiger partial charge in [-0.15, -0.1) is 0 Å². The van der Waals surface area contributed by atoms with E-state index in [1.807, 2.05) is 44.2 Å². The van der Waals surface area contributed by atoms with Crippen LogP contribution in [0.25, 0.3) is 11.4 Å². The molecular weight excluding hydrogens is 366 g/mol. The molecule has 3 aromatic rings. The van der Waals surface area contributed by atoms with Crippen molar-refractivity contribution in [2.75, 3.05) is 7.11 Å². The smallest absolute Gasteiger partial charge is 0.251 e. The summed E-state index contributed by atoms with van der Waals surface area (Å²) in [5.41, 5.74) is 1.28. The lowest BCUT2D eigenvalue weighted by Gasteiger charge is -2.18. The molecule has 0 bridgehead atoms. The van der Waals surface area contributed by atoms with E-state index in [2.05, 4.69) is 15.5 Å². The number of carbonyl (C=O) groups excluding carboxylic acids is 1. The first-order valence-corrected chi connectivity index (χ1v) is 8.91. The standard InChI is InChI=1S/C20H20ClN3O3/c1-12(2)17(20-23-18(24-27-20)13-7-5-4-6-8-13)22-19(25)14-9-10-16(26-3)15(21)11-14/h4-12,17H,1-3H3,(H,22,25)/t17-/m1/s1. The maximum Gasteiger partial charge on any atom is 0.251 e. The van der Waals surface area contributed by atoms with Gasteiger partial charge in [0, 0.05) is 11.1 Å². The van der Waals surface area contributed by atoms with Crippen LogP contribution in [0.2, 0.25) is 5.02 Å². The van der Waals surface area contributed by atoms with E-state index < -0.39 is 6.04 Å². The van der Waals surface area contributed by atoms with E-state index >= 15 is 0 Å². The highest BCUT2D eigenvalue weighted by molar-refractivity contribution is 6.32. The topological polar surface area (TPSA) is 77.2 Å². The van der Waals surface area contributed by atoms with E-state index in [1.54, 1.807) is 18.2 Å². The van der Waals surface area contributed by atoms with E-state index in [0.717, 1.165) is 5.56 Å². The number of amides is 1. The second kappa shape index (κ2) is 8.22. The summed E-state index contributed by atoms with van der Waals surface area (Å²) in [6, 6.07) is 14.0. The normalized spacial score (nSPS) is 12.0. The Hall–Kier alpha value is -2.86. The lowest BCUT2D eigenvalue weighted by atomic mass is 10.0. The molecule has 140 valence electrons. The summed E-state index contributed by atoms with van der Waals surface area (Å²) in [6.45, 7) is 3.94. The number of nitrogens with one attached hydrogen (secondary N) is 1. The molecule has 1 aromatic heterocycles. The van der Waals surface area contributed by atoms with Crippen LogP contribution in [0.15, 0.2) is 53.1 Å². The summed E-state index contributed by atoms with van der Waals surface area (Å²) >= 11 is 6.11. The zero-order valence-corrected chi connectivity index (χ0v) is 16.0. The Bertz CT molecular complexity index is 925. The number of aromatic nitrogens is 2. The monoisotopic (exact) mass is 385 g/mol.